The van der Waals surface area contributed by atoms with Gasteiger partial charge in [0.15, 0.2) is 0 Å². The number of nitrogens with zero attached hydrogens (tertiary/aromatic N) is 3. The number of nitrogens with one attached hydrogen (secondary N) is 1. The quantitative estimate of drug-likeness (QED) is 0.397. The minimum Gasteiger partial charge on any atom is -0.480 e. The van der Waals surface area contributed by atoms with E-state index in [1.807, 2.05) is 66.5 Å². The van der Waals surface area contributed by atoms with Crippen LogP contribution in [0.4, 0.5) is 5.69 Å². The molecule has 1 saturated carbocycles. The number of aliphatic carboxylic acids is 1. The zero-order valence-corrected chi connectivity index (χ0v) is 20.1. The van der Waals surface area contributed by atoms with Gasteiger partial charge in [-0.15, -0.1) is 0 Å². The van der Waals surface area contributed by atoms with Crippen molar-refractivity contribution in [2.45, 2.75) is 38.5 Å². The van der Waals surface area contributed by atoms with Crippen molar-refractivity contribution in [2.24, 2.45) is 0 Å². The van der Waals surface area contributed by atoms with Crippen molar-refractivity contribution < 1.29 is 19.2 Å². The number of carboxylic acid groups (broad SMARTS) is 1. The summed E-state index contributed by atoms with van der Waals surface area (Å²) >= 11 is 0. The molecule has 2 heterocycles. The molecule has 0 spiro atoms. The summed E-state index contributed by atoms with van der Waals surface area (Å²) in [7, 11) is 1.66. The Balaban J connectivity index is 1.65. The molecule has 182 valence electrons. The van der Waals surface area contributed by atoms with Gasteiger partial charge in [0.25, 0.3) is 5.89 Å². The van der Waals surface area contributed by atoms with E-state index in [2.05, 4.69) is 16.6 Å². The van der Waals surface area contributed by atoms with Crippen LogP contribution < -0.4 is 10.4 Å². The number of methoxy groups -OCH3 is 1. The van der Waals surface area contributed by atoms with Crippen molar-refractivity contribution in [3.63, 3.8) is 0 Å². The predicted octanol–water partition coefficient (Wildman–Crippen LogP) is 4.97. The van der Waals surface area contributed by atoms with E-state index in [1.165, 1.54) is 0 Å². The third-order valence-electron chi connectivity index (χ3n) is 6.95. The number of carbonyl (C=O) groups is 1. The molecule has 1 aromatic heterocycles. The number of anilines is 1. The lowest BCUT2D eigenvalue weighted by atomic mass is 9.91. The van der Waals surface area contributed by atoms with E-state index >= 15 is 0 Å². The van der Waals surface area contributed by atoms with Gasteiger partial charge in [0.05, 0.1) is 24.4 Å². The van der Waals surface area contributed by atoms with Gasteiger partial charge in [-0.2, -0.15) is 4.98 Å². The normalized spacial score (nSPS) is 15.3. The number of benzene rings is 3. The number of hydrazine groups is 1. The van der Waals surface area contributed by atoms with Gasteiger partial charge in [-0.3, -0.25) is 4.79 Å². The van der Waals surface area contributed by atoms with Crippen molar-refractivity contribution >= 4 is 11.7 Å². The Labute approximate surface area is 208 Å². The van der Waals surface area contributed by atoms with E-state index in [1.54, 1.807) is 7.11 Å². The summed E-state index contributed by atoms with van der Waals surface area (Å²) in [5.74, 6) is 0.0790. The molecule has 6 bridgehead atoms. The maximum atomic E-state index is 12.2. The lowest BCUT2D eigenvalue weighted by Crippen LogP contribution is -2.51. The van der Waals surface area contributed by atoms with Crippen molar-refractivity contribution in [3.8, 4) is 34.0 Å². The predicted molar refractivity (Wildman–Crippen MR) is 135 cm³/mol. The van der Waals surface area contributed by atoms with Crippen molar-refractivity contribution in [3.05, 3.63) is 77.4 Å². The van der Waals surface area contributed by atoms with Crippen LogP contribution in [0.25, 0.3) is 34.0 Å². The zero-order chi connectivity index (χ0) is 24.9. The molecule has 0 amide bonds. The molecule has 8 nitrogen and oxygen atoms in total. The van der Waals surface area contributed by atoms with Crippen LogP contribution in [0.3, 0.4) is 0 Å². The molecular weight excluding hydrogens is 456 g/mol. The second-order valence-electron chi connectivity index (χ2n) is 9.44. The Morgan fingerprint density at radius 2 is 1.92 bits per heavy atom. The van der Waals surface area contributed by atoms with E-state index in [0.717, 1.165) is 44.6 Å². The van der Waals surface area contributed by atoms with E-state index in [4.69, 9.17) is 14.2 Å². The SMILES string of the molecule is COCc1cc(-c2ccccc2)c2c(C)c1N(NC1(C(=O)O)CC1)Cc1cccc(c1)-c1noc-2n1. The fourth-order valence-corrected chi connectivity index (χ4v) is 5.00. The number of hydrogen-bond acceptors (Lipinski definition) is 7. The van der Waals surface area contributed by atoms with Gasteiger partial charge in [0.1, 0.15) is 5.54 Å². The number of carboxylic acids is 1. The molecule has 6 rings (SSSR count). The summed E-state index contributed by atoms with van der Waals surface area (Å²) in [4.78, 5) is 16.9. The molecule has 36 heavy (non-hydrogen) atoms. The van der Waals surface area contributed by atoms with Crippen LogP contribution in [-0.4, -0.2) is 33.9 Å². The van der Waals surface area contributed by atoms with Crippen LogP contribution in [0.15, 0.2) is 65.2 Å². The molecule has 2 aliphatic rings. The summed E-state index contributed by atoms with van der Waals surface area (Å²) in [5.41, 5.74) is 9.69. The third kappa shape index (κ3) is 3.75. The average Bonchev–Trinajstić information content (AvgIpc) is 3.51. The molecule has 1 aliphatic carbocycles. The highest BCUT2D eigenvalue weighted by Gasteiger charge is 2.52. The lowest BCUT2D eigenvalue weighted by Gasteiger charge is -2.33. The van der Waals surface area contributed by atoms with E-state index in [9.17, 15) is 9.90 Å². The van der Waals surface area contributed by atoms with Crippen molar-refractivity contribution in [2.75, 3.05) is 12.1 Å². The molecule has 1 aliphatic heterocycles. The molecule has 0 unspecified atom stereocenters. The third-order valence-corrected chi connectivity index (χ3v) is 6.95. The first-order chi connectivity index (χ1) is 17.5. The molecule has 1 fully saturated rings. The van der Waals surface area contributed by atoms with Gasteiger partial charge >= 0.3 is 5.97 Å². The standard InChI is InChI=1S/C28H26N4O4/c1-17-23-22(19-8-4-3-5-9-19)14-21(16-35-2)24(17)32(31-28(11-12-28)27(33)34)15-18-7-6-10-20(13-18)25-29-26(23)36-30-25/h3-10,13-14,31H,11-12,15-16H2,1-2H3,(H,33,34). The fraction of sp³-hybridized carbons (Fsp3) is 0.250. The van der Waals surface area contributed by atoms with Gasteiger partial charge in [0.2, 0.25) is 5.82 Å². The first-order valence-corrected chi connectivity index (χ1v) is 11.9. The maximum Gasteiger partial charge on any atom is 0.325 e. The fourth-order valence-electron chi connectivity index (χ4n) is 5.00. The van der Waals surface area contributed by atoms with Crippen LogP contribution in [0, 0.1) is 6.92 Å². The van der Waals surface area contributed by atoms with Crippen LogP contribution in [0.5, 0.6) is 0 Å². The monoisotopic (exact) mass is 482 g/mol. The lowest BCUT2D eigenvalue weighted by molar-refractivity contribution is -0.140. The number of aromatic nitrogens is 2. The summed E-state index contributed by atoms with van der Waals surface area (Å²) in [6, 6.07) is 20.1. The van der Waals surface area contributed by atoms with E-state index in [0.29, 0.717) is 37.7 Å². The molecule has 3 aromatic carbocycles. The first kappa shape index (κ1) is 22.5. The Kier molecular flexibility index (Phi) is 5.35. The molecular formula is C28H26N4O4. The zero-order valence-electron chi connectivity index (χ0n) is 20.1. The van der Waals surface area contributed by atoms with Crippen LogP contribution >= 0.6 is 0 Å². The van der Waals surface area contributed by atoms with E-state index < -0.39 is 11.5 Å². The second kappa shape index (κ2) is 8.58. The summed E-state index contributed by atoms with van der Waals surface area (Å²) in [5, 5.41) is 16.2. The first-order valence-electron chi connectivity index (χ1n) is 11.9. The van der Waals surface area contributed by atoms with Crippen LogP contribution in [-0.2, 0) is 22.7 Å². The average molecular weight is 483 g/mol. The Hall–Kier alpha value is -4.01. The van der Waals surface area contributed by atoms with Gasteiger partial charge in [-0.05, 0) is 54.2 Å². The molecule has 0 saturated heterocycles. The highest BCUT2D eigenvalue weighted by atomic mass is 16.5. The number of hydrogen-bond donors (Lipinski definition) is 2. The summed E-state index contributed by atoms with van der Waals surface area (Å²) < 4.78 is 11.5. The maximum absolute atomic E-state index is 12.2. The topological polar surface area (TPSA) is 101 Å². The largest absolute Gasteiger partial charge is 0.480 e. The Morgan fingerprint density at radius 1 is 1.14 bits per heavy atom. The molecule has 2 N–H and O–H groups in total. The number of ether oxygens (including phenoxy) is 1. The van der Waals surface area contributed by atoms with E-state index in [-0.39, 0.29) is 0 Å². The molecule has 0 radical (unpaired) electrons. The van der Waals surface area contributed by atoms with Crippen molar-refractivity contribution in [1.29, 1.82) is 0 Å². The smallest absolute Gasteiger partial charge is 0.325 e. The second-order valence-corrected chi connectivity index (χ2v) is 9.44. The Bertz CT molecular complexity index is 1460. The molecule has 8 heteroatoms. The highest BCUT2D eigenvalue weighted by molar-refractivity contribution is 5.89. The summed E-state index contributed by atoms with van der Waals surface area (Å²) in [6.45, 7) is 2.82. The Morgan fingerprint density at radius 3 is 2.64 bits per heavy atom. The van der Waals surface area contributed by atoms with Gasteiger partial charge < -0.3 is 19.4 Å². The highest BCUT2D eigenvalue weighted by Crippen LogP contribution is 2.44. The van der Waals surface area contributed by atoms with Gasteiger partial charge in [-0.25, -0.2) is 5.43 Å². The van der Waals surface area contributed by atoms with Gasteiger partial charge in [-0.1, -0.05) is 53.7 Å². The minimum atomic E-state index is -0.982. The summed E-state index contributed by atoms with van der Waals surface area (Å²) in [6.07, 6.45) is 1.14. The number of fused-ring (bicyclic) bond motifs is 8. The van der Waals surface area contributed by atoms with Crippen LogP contribution in [0.1, 0.15) is 29.5 Å². The molecule has 0 atom stereocenters. The molecule has 4 aromatic rings. The van der Waals surface area contributed by atoms with Crippen molar-refractivity contribution in [1.82, 2.24) is 15.6 Å². The van der Waals surface area contributed by atoms with Gasteiger partial charge in [0, 0.05) is 18.2 Å². The van der Waals surface area contributed by atoms with Crippen LogP contribution in [0.2, 0.25) is 0 Å². The minimum absolute atomic E-state index is 0.351. The number of rotatable bonds is 6.